The normalized spacial score (nSPS) is 17.1. The zero-order chi connectivity index (χ0) is 21.3. The SMILES string of the molecule is CCC(Oc1nc(-c2ccc(OC)c(OC)c2)cc2ncn(C)c12)C1CNC(=O)C1. The van der Waals surface area contributed by atoms with E-state index in [9.17, 15) is 4.79 Å². The number of imidazole rings is 1. The van der Waals surface area contributed by atoms with Gasteiger partial charge >= 0.3 is 0 Å². The van der Waals surface area contributed by atoms with Gasteiger partial charge in [0.1, 0.15) is 11.6 Å². The minimum Gasteiger partial charge on any atom is -0.493 e. The van der Waals surface area contributed by atoms with Gasteiger partial charge in [0.2, 0.25) is 11.8 Å². The number of methoxy groups -OCH3 is 2. The van der Waals surface area contributed by atoms with Gasteiger partial charge < -0.3 is 24.1 Å². The molecule has 8 nitrogen and oxygen atoms in total. The second-order valence-electron chi connectivity index (χ2n) is 7.44. The average Bonchev–Trinajstić information content (AvgIpc) is 3.37. The van der Waals surface area contributed by atoms with E-state index in [2.05, 4.69) is 17.2 Å². The van der Waals surface area contributed by atoms with E-state index < -0.39 is 0 Å². The molecule has 2 unspecified atom stereocenters. The number of aryl methyl sites for hydroxylation is 1. The van der Waals surface area contributed by atoms with Crippen LogP contribution in [0.2, 0.25) is 0 Å². The van der Waals surface area contributed by atoms with Crippen molar-refractivity contribution in [3.63, 3.8) is 0 Å². The van der Waals surface area contributed by atoms with Gasteiger partial charge in [-0.2, -0.15) is 0 Å². The number of aromatic nitrogens is 3. The Kier molecular flexibility index (Phi) is 5.48. The predicted octanol–water partition coefficient (Wildman–Crippen LogP) is 2.95. The molecule has 2 aromatic heterocycles. The van der Waals surface area contributed by atoms with E-state index >= 15 is 0 Å². The number of carbonyl (C=O) groups excluding carboxylic acids is 1. The number of pyridine rings is 1. The highest BCUT2D eigenvalue weighted by Gasteiger charge is 2.31. The van der Waals surface area contributed by atoms with Crippen LogP contribution in [0.1, 0.15) is 19.8 Å². The molecule has 0 saturated carbocycles. The zero-order valence-corrected chi connectivity index (χ0v) is 17.6. The van der Waals surface area contributed by atoms with Gasteiger partial charge in [-0.15, -0.1) is 0 Å². The molecule has 2 atom stereocenters. The standard InChI is InChI=1S/C22H26N4O4/c1-5-17(14-9-20(27)23-11-14)30-22-21-16(24-12-26(21)2)10-15(25-22)13-6-7-18(28-3)19(8-13)29-4/h6-8,10,12,14,17H,5,9,11H2,1-4H3,(H,23,27). The first-order valence-corrected chi connectivity index (χ1v) is 10.0. The number of nitrogens with one attached hydrogen (secondary N) is 1. The quantitative estimate of drug-likeness (QED) is 0.644. The van der Waals surface area contributed by atoms with Crippen LogP contribution in [-0.2, 0) is 11.8 Å². The number of amides is 1. The fraction of sp³-hybridized carbons (Fsp3) is 0.409. The summed E-state index contributed by atoms with van der Waals surface area (Å²) in [5.74, 6) is 1.99. The third-order valence-corrected chi connectivity index (χ3v) is 5.54. The summed E-state index contributed by atoms with van der Waals surface area (Å²) >= 11 is 0. The lowest BCUT2D eigenvalue weighted by Gasteiger charge is -2.22. The Bertz CT molecular complexity index is 1080. The number of hydrogen-bond donors (Lipinski definition) is 1. The highest BCUT2D eigenvalue weighted by molar-refractivity contribution is 5.85. The van der Waals surface area contributed by atoms with Gasteiger partial charge in [0.15, 0.2) is 11.5 Å². The number of fused-ring (bicyclic) bond motifs is 1. The fourth-order valence-electron chi connectivity index (χ4n) is 3.91. The molecule has 0 radical (unpaired) electrons. The minimum absolute atomic E-state index is 0.0692. The number of hydrogen-bond acceptors (Lipinski definition) is 6. The Morgan fingerprint density at radius 1 is 1.23 bits per heavy atom. The summed E-state index contributed by atoms with van der Waals surface area (Å²) < 4.78 is 19.1. The third kappa shape index (κ3) is 3.65. The van der Waals surface area contributed by atoms with Crippen LogP contribution in [0.25, 0.3) is 22.3 Å². The Balaban J connectivity index is 1.76. The van der Waals surface area contributed by atoms with Crippen molar-refractivity contribution in [2.75, 3.05) is 20.8 Å². The maximum Gasteiger partial charge on any atom is 0.241 e. The lowest BCUT2D eigenvalue weighted by Crippen LogP contribution is -2.28. The monoisotopic (exact) mass is 410 g/mol. The van der Waals surface area contributed by atoms with Crippen molar-refractivity contribution in [2.24, 2.45) is 13.0 Å². The maximum atomic E-state index is 11.7. The van der Waals surface area contributed by atoms with Gasteiger partial charge in [0.25, 0.3) is 0 Å². The zero-order valence-electron chi connectivity index (χ0n) is 17.6. The van der Waals surface area contributed by atoms with E-state index in [4.69, 9.17) is 19.2 Å². The van der Waals surface area contributed by atoms with Crippen LogP contribution in [0.15, 0.2) is 30.6 Å². The highest BCUT2D eigenvalue weighted by atomic mass is 16.5. The average molecular weight is 410 g/mol. The lowest BCUT2D eigenvalue weighted by molar-refractivity contribution is -0.119. The molecule has 3 heterocycles. The molecule has 158 valence electrons. The summed E-state index contributed by atoms with van der Waals surface area (Å²) in [6.45, 7) is 2.69. The second-order valence-corrected chi connectivity index (χ2v) is 7.44. The van der Waals surface area contributed by atoms with Gasteiger partial charge in [0.05, 0.1) is 31.8 Å². The van der Waals surface area contributed by atoms with Crippen LogP contribution < -0.4 is 19.5 Å². The molecule has 1 aromatic carbocycles. The van der Waals surface area contributed by atoms with Crippen LogP contribution >= 0.6 is 0 Å². The van der Waals surface area contributed by atoms with Crippen molar-refractivity contribution >= 4 is 16.9 Å². The highest BCUT2D eigenvalue weighted by Crippen LogP contribution is 2.35. The van der Waals surface area contributed by atoms with Crippen molar-refractivity contribution in [2.45, 2.75) is 25.9 Å². The van der Waals surface area contributed by atoms with E-state index in [0.717, 1.165) is 28.7 Å². The van der Waals surface area contributed by atoms with Crippen LogP contribution in [0.5, 0.6) is 17.4 Å². The third-order valence-electron chi connectivity index (χ3n) is 5.54. The largest absolute Gasteiger partial charge is 0.493 e. The number of carbonyl (C=O) groups is 1. The van der Waals surface area contributed by atoms with Gasteiger partial charge in [0, 0.05) is 31.5 Å². The van der Waals surface area contributed by atoms with Crippen molar-refractivity contribution < 1.29 is 19.0 Å². The Morgan fingerprint density at radius 2 is 2.03 bits per heavy atom. The first-order valence-electron chi connectivity index (χ1n) is 10.0. The molecule has 0 aliphatic carbocycles. The summed E-state index contributed by atoms with van der Waals surface area (Å²) in [6.07, 6.45) is 2.89. The first kappa shape index (κ1) is 20.0. The summed E-state index contributed by atoms with van der Waals surface area (Å²) in [4.78, 5) is 21.0. The van der Waals surface area contributed by atoms with Crippen LogP contribution in [0.4, 0.5) is 0 Å². The van der Waals surface area contributed by atoms with Gasteiger partial charge in [-0.3, -0.25) is 4.79 Å². The Labute approximate surface area is 175 Å². The smallest absolute Gasteiger partial charge is 0.241 e. The van der Waals surface area contributed by atoms with E-state index in [1.165, 1.54) is 0 Å². The van der Waals surface area contributed by atoms with Gasteiger partial charge in [-0.05, 0) is 30.7 Å². The molecule has 4 rings (SSSR count). The van der Waals surface area contributed by atoms with E-state index in [1.54, 1.807) is 20.5 Å². The summed E-state index contributed by atoms with van der Waals surface area (Å²) in [5.41, 5.74) is 3.22. The van der Waals surface area contributed by atoms with Gasteiger partial charge in [-0.1, -0.05) is 6.92 Å². The number of benzene rings is 1. The molecule has 1 fully saturated rings. The number of nitrogens with zero attached hydrogens (tertiary/aromatic N) is 3. The molecule has 1 saturated heterocycles. The maximum absolute atomic E-state index is 11.7. The first-order chi connectivity index (χ1) is 14.5. The molecular formula is C22H26N4O4. The van der Waals surface area contributed by atoms with E-state index in [0.29, 0.717) is 30.3 Å². The topological polar surface area (TPSA) is 87.5 Å². The molecule has 3 aromatic rings. The van der Waals surface area contributed by atoms with Crippen LogP contribution in [-0.4, -0.2) is 47.3 Å². The van der Waals surface area contributed by atoms with Crippen LogP contribution in [0, 0.1) is 5.92 Å². The van der Waals surface area contributed by atoms with E-state index in [1.807, 2.05) is 35.9 Å². The Hall–Kier alpha value is -3.29. The summed E-state index contributed by atoms with van der Waals surface area (Å²) in [7, 11) is 5.13. The second kappa shape index (κ2) is 8.22. The van der Waals surface area contributed by atoms with E-state index in [-0.39, 0.29) is 17.9 Å². The summed E-state index contributed by atoms with van der Waals surface area (Å²) in [5, 5.41) is 2.89. The fourth-order valence-corrected chi connectivity index (χ4v) is 3.91. The molecule has 30 heavy (non-hydrogen) atoms. The van der Waals surface area contributed by atoms with Crippen molar-refractivity contribution in [1.29, 1.82) is 0 Å². The molecule has 0 bridgehead atoms. The predicted molar refractivity (Wildman–Crippen MR) is 113 cm³/mol. The Morgan fingerprint density at radius 3 is 2.70 bits per heavy atom. The number of ether oxygens (including phenoxy) is 3. The van der Waals surface area contributed by atoms with Crippen molar-refractivity contribution in [1.82, 2.24) is 19.9 Å². The van der Waals surface area contributed by atoms with Crippen molar-refractivity contribution in [3.05, 3.63) is 30.6 Å². The number of rotatable bonds is 7. The molecule has 1 amide bonds. The molecule has 8 heteroatoms. The lowest BCUT2D eigenvalue weighted by atomic mass is 9.99. The minimum atomic E-state index is -0.116. The molecule has 1 N–H and O–H groups in total. The summed E-state index contributed by atoms with van der Waals surface area (Å²) in [6, 6.07) is 7.60. The molecule has 0 spiro atoms. The molecular weight excluding hydrogens is 384 g/mol. The van der Waals surface area contributed by atoms with Crippen molar-refractivity contribution in [3.8, 4) is 28.6 Å². The molecule has 1 aliphatic heterocycles. The molecule has 1 aliphatic rings. The van der Waals surface area contributed by atoms with Gasteiger partial charge in [-0.25, -0.2) is 9.97 Å². The van der Waals surface area contributed by atoms with Crippen LogP contribution in [0.3, 0.4) is 0 Å².